The summed E-state index contributed by atoms with van der Waals surface area (Å²) in [4.78, 5) is 19.9. The van der Waals surface area contributed by atoms with Gasteiger partial charge in [0.15, 0.2) is 0 Å². The van der Waals surface area contributed by atoms with Gasteiger partial charge in [-0.1, -0.05) is 11.6 Å². The van der Waals surface area contributed by atoms with Crippen LogP contribution >= 0.6 is 22.9 Å². The molecule has 2 aromatic heterocycles. The molecule has 0 spiro atoms. The Morgan fingerprint density at radius 3 is 3.06 bits per heavy atom. The number of thiazole rings is 1. The molecule has 0 aliphatic carbocycles. The SMILES string of the molecule is Cc1nc(CNC(=O)c2cc(Cl)ncc2N)cs1. The van der Waals surface area contributed by atoms with Crippen LogP contribution in [0.1, 0.15) is 21.1 Å². The second-order valence-electron chi connectivity index (χ2n) is 3.63. The van der Waals surface area contributed by atoms with E-state index in [4.69, 9.17) is 17.3 Å². The number of pyridine rings is 1. The molecule has 7 heteroatoms. The van der Waals surface area contributed by atoms with Crippen LogP contribution in [0.5, 0.6) is 0 Å². The van der Waals surface area contributed by atoms with Crippen LogP contribution in [0.2, 0.25) is 5.15 Å². The minimum atomic E-state index is -0.289. The Morgan fingerprint density at radius 2 is 2.39 bits per heavy atom. The second kappa shape index (κ2) is 5.32. The van der Waals surface area contributed by atoms with E-state index >= 15 is 0 Å². The number of amides is 1. The molecule has 18 heavy (non-hydrogen) atoms. The van der Waals surface area contributed by atoms with Crippen LogP contribution in [0.4, 0.5) is 5.69 Å². The van der Waals surface area contributed by atoms with Gasteiger partial charge in [-0.25, -0.2) is 9.97 Å². The van der Waals surface area contributed by atoms with Crippen LogP contribution < -0.4 is 11.1 Å². The number of aromatic nitrogens is 2. The van der Waals surface area contributed by atoms with Gasteiger partial charge in [0.05, 0.1) is 34.7 Å². The molecule has 94 valence electrons. The Labute approximate surface area is 113 Å². The number of hydrogen-bond acceptors (Lipinski definition) is 5. The van der Waals surface area contributed by atoms with Gasteiger partial charge < -0.3 is 11.1 Å². The summed E-state index contributed by atoms with van der Waals surface area (Å²) >= 11 is 7.26. The summed E-state index contributed by atoms with van der Waals surface area (Å²) in [5, 5.41) is 5.84. The number of nitrogen functional groups attached to an aromatic ring is 1. The van der Waals surface area contributed by atoms with Crippen molar-refractivity contribution in [3.63, 3.8) is 0 Å². The molecular weight excluding hydrogens is 272 g/mol. The highest BCUT2D eigenvalue weighted by atomic mass is 35.5. The lowest BCUT2D eigenvalue weighted by molar-refractivity contribution is 0.0951. The second-order valence-corrected chi connectivity index (χ2v) is 5.08. The topological polar surface area (TPSA) is 80.9 Å². The molecule has 2 rings (SSSR count). The lowest BCUT2D eigenvalue weighted by Crippen LogP contribution is -2.24. The maximum Gasteiger partial charge on any atom is 0.253 e. The first-order valence-corrected chi connectivity index (χ1v) is 6.42. The molecule has 0 saturated carbocycles. The Kier molecular flexibility index (Phi) is 3.78. The third-order valence-corrected chi connectivity index (χ3v) is 3.27. The zero-order chi connectivity index (χ0) is 13.1. The number of hydrogen-bond donors (Lipinski definition) is 2. The normalized spacial score (nSPS) is 10.3. The molecule has 0 fully saturated rings. The molecule has 0 radical (unpaired) electrons. The molecule has 0 unspecified atom stereocenters. The van der Waals surface area contributed by atoms with Crippen molar-refractivity contribution in [2.75, 3.05) is 5.73 Å². The zero-order valence-electron chi connectivity index (χ0n) is 9.61. The molecule has 2 heterocycles. The fourth-order valence-electron chi connectivity index (χ4n) is 1.39. The minimum Gasteiger partial charge on any atom is -0.397 e. The Hall–Kier alpha value is -1.66. The number of carbonyl (C=O) groups is 1. The summed E-state index contributed by atoms with van der Waals surface area (Å²) in [7, 11) is 0. The average Bonchev–Trinajstić information content (AvgIpc) is 2.75. The minimum absolute atomic E-state index is 0.235. The van der Waals surface area contributed by atoms with Crippen molar-refractivity contribution in [3.05, 3.63) is 39.1 Å². The number of carbonyl (C=O) groups excluding carboxylic acids is 1. The fourth-order valence-corrected chi connectivity index (χ4v) is 2.16. The summed E-state index contributed by atoms with van der Waals surface area (Å²) in [6, 6.07) is 1.44. The van der Waals surface area contributed by atoms with Gasteiger partial charge in [0, 0.05) is 5.38 Å². The van der Waals surface area contributed by atoms with Crippen molar-refractivity contribution in [2.24, 2.45) is 0 Å². The van der Waals surface area contributed by atoms with Crippen LogP contribution in [-0.2, 0) is 6.54 Å². The van der Waals surface area contributed by atoms with Crippen molar-refractivity contribution < 1.29 is 4.79 Å². The van der Waals surface area contributed by atoms with E-state index in [0.29, 0.717) is 17.8 Å². The molecule has 0 aromatic carbocycles. The lowest BCUT2D eigenvalue weighted by atomic mass is 10.2. The predicted octanol–water partition coefficient (Wildman–Crippen LogP) is 2.01. The molecule has 1 amide bonds. The molecular formula is C11H11ClN4OS. The number of nitrogens with two attached hydrogens (primary N) is 1. The number of anilines is 1. The molecule has 0 bridgehead atoms. The maximum absolute atomic E-state index is 11.9. The summed E-state index contributed by atoms with van der Waals surface area (Å²) in [5.41, 5.74) is 7.11. The van der Waals surface area contributed by atoms with E-state index in [9.17, 15) is 4.79 Å². The largest absolute Gasteiger partial charge is 0.397 e. The van der Waals surface area contributed by atoms with Crippen LogP contribution in [0, 0.1) is 6.92 Å². The number of aryl methyl sites for hydroxylation is 1. The number of nitrogens with zero attached hydrogens (tertiary/aromatic N) is 2. The Balaban J connectivity index is 2.05. The summed E-state index contributed by atoms with van der Waals surface area (Å²) < 4.78 is 0. The van der Waals surface area contributed by atoms with Crippen molar-refractivity contribution in [1.82, 2.24) is 15.3 Å². The van der Waals surface area contributed by atoms with E-state index in [0.717, 1.165) is 10.7 Å². The predicted molar refractivity (Wildman–Crippen MR) is 71.7 cm³/mol. The van der Waals surface area contributed by atoms with E-state index in [1.165, 1.54) is 23.6 Å². The van der Waals surface area contributed by atoms with E-state index in [-0.39, 0.29) is 11.1 Å². The zero-order valence-corrected chi connectivity index (χ0v) is 11.2. The van der Waals surface area contributed by atoms with Crippen molar-refractivity contribution in [2.45, 2.75) is 13.5 Å². The Morgan fingerprint density at radius 1 is 1.61 bits per heavy atom. The molecule has 5 nitrogen and oxygen atoms in total. The molecule has 0 aliphatic heterocycles. The fraction of sp³-hybridized carbons (Fsp3) is 0.182. The van der Waals surface area contributed by atoms with Gasteiger partial charge >= 0.3 is 0 Å². The lowest BCUT2D eigenvalue weighted by Gasteiger charge is -2.06. The van der Waals surface area contributed by atoms with E-state index in [2.05, 4.69) is 15.3 Å². The van der Waals surface area contributed by atoms with Crippen LogP contribution in [0.25, 0.3) is 0 Å². The number of nitrogens with one attached hydrogen (secondary N) is 1. The maximum atomic E-state index is 11.9. The summed E-state index contributed by atoms with van der Waals surface area (Å²) in [5.74, 6) is -0.289. The highest BCUT2D eigenvalue weighted by molar-refractivity contribution is 7.09. The van der Waals surface area contributed by atoms with Gasteiger partial charge in [-0.2, -0.15) is 0 Å². The molecule has 3 N–H and O–H groups in total. The van der Waals surface area contributed by atoms with Gasteiger partial charge in [-0.15, -0.1) is 11.3 Å². The third kappa shape index (κ3) is 2.96. The van der Waals surface area contributed by atoms with Crippen molar-refractivity contribution in [3.8, 4) is 0 Å². The van der Waals surface area contributed by atoms with Gasteiger partial charge in [-0.05, 0) is 13.0 Å². The van der Waals surface area contributed by atoms with Gasteiger partial charge in [0.1, 0.15) is 5.15 Å². The molecule has 0 aliphatic rings. The monoisotopic (exact) mass is 282 g/mol. The van der Waals surface area contributed by atoms with E-state index < -0.39 is 0 Å². The first-order valence-electron chi connectivity index (χ1n) is 5.16. The van der Waals surface area contributed by atoms with Gasteiger partial charge in [-0.3, -0.25) is 4.79 Å². The molecule has 2 aromatic rings. The van der Waals surface area contributed by atoms with E-state index in [1.54, 1.807) is 0 Å². The van der Waals surface area contributed by atoms with Crippen molar-refractivity contribution >= 4 is 34.5 Å². The summed E-state index contributed by atoms with van der Waals surface area (Å²) in [6.45, 7) is 2.28. The number of rotatable bonds is 3. The smallest absolute Gasteiger partial charge is 0.253 e. The third-order valence-electron chi connectivity index (χ3n) is 2.24. The first kappa shape index (κ1) is 12.8. The van der Waals surface area contributed by atoms with Crippen LogP contribution in [-0.4, -0.2) is 15.9 Å². The van der Waals surface area contributed by atoms with Crippen molar-refractivity contribution in [1.29, 1.82) is 0 Å². The Bertz CT molecular complexity index is 584. The van der Waals surface area contributed by atoms with Gasteiger partial charge in [0.2, 0.25) is 0 Å². The quantitative estimate of drug-likeness (QED) is 0.844. The highest BCUT2D eigenvalue weighted by Crippen LogP contribution is 2.15. The average molecular weight is 283 g/mol. The molecule has 0 saturated heterocycles. The highest BCUT2D eigenvalue weighted by Gasteiger charge is 2.11. The van der Waals surface area contributed by atoms with Crippen LogP contribution in [0.15, 0.2) is 17.6 Å². The standard InChI is InChI=1S/C11H11ClN4OS/c1-6-16-7(5-18-6)3-15-11(17)8-2-10(12)14-4-9(8)13/h2,4-5H,3,13H2,1H3,(H,15,17). The number of halogens is 1. The first-order chi connectivity index (χ1) is 8.56. The molecule has 0 atom stereocenters. The van der Waals surface area contributed by atoms with E-state index in [1.807, 2.05) is 12.3 Å². The summed E-state index contributed by atoms with van der Waals surface area (Å²) in [6.07, 6.45) is 1.37. The van der Waals surface area contributed by atoms with Gasteiger partial charge in [0.25, 0.3) is 5.91 Å². The van der Waals surface area contributed by atoms with Crippen LogP contribution in [0.3, 0.4) is 0 Å².